The van der Waals surface area contributed by atoms with Crippen LogP contribution in [0.2, 0.25) is 0 Å². The molecule has 0 aliphatic rings. The lowest BCUT2D eigenvalue weighted by atomic mass is 11.0. The fourth-order valence-corrected chi connectivity index (χ4v) is 0. The van der Waals surface area contributed by atoms with E-state index in [1.54, 1.807) is 0 Å². The lowest BCUT2D eigenvalue weighted by Gasteiger charge is -1.45. The summed E-state index contributed by atoms with van der Waals surface area (Å²) in [5.74, 6) is 0.722. The van der Waals surface area contributed by atoms with Crippen LogP contribution in [0.5, 0.6) is 0 Å². The fourth-order valence-electron chi connectivity index (χ4n) is 0. The Labute approximate surface area is 48.4 Å². The van der Waals surface area contributed by atoms with Gasteiger partial charge in [0.2, 0.25) is 0 Å². The molecule has 0 N–H and O–H groups in total. The van der Waals surface area contributed by atoms with Gasteiger partial charge in [0.1, 0.15) is 0 Å². The van der Waals surface area contributed by atoms with Gasteiger partial charge in [-0.2, -0.15) is 0 Å². The van der Waals surface area contributed by atoms with Gasteiger partial charge in [0.15, 0.2) is 0 Å². The van der Waals surface area contributed by atoms with Crippen LogP contribution in [0.15, 0.2) is 0 Å². The monoisotopic (exact) mass is 144 g/mol. The van der Waals surface area contributed by atoms with E-state index in [-0.39, 0.29) is 0 Å². The summed E-state index contributed by atoms with van der Waals surface area (Å²) in [6.07, 6.45) is 0. The number of halogens is 1. The first kappa shape index (κ1) is 10.0. The summed E-state index contributed by atoms with van der Waals surface area (Å²) in [6.45, 7) is 1.89. The Kier molecular flexibility index (Phi) is 13.3. The van der Waals surface area contributed by atoms with E-state index in [2.05, 4.69) is 0 Å². The Balaban J connectivity index is 0. The van der Waals surface area contributed by atoms with Crippen molar-refractivity contribution in [1.82, 2.24) is 0 Å². The van der Waals surface area contributed by atoms with E-state index in [9.17, 15) is 0 Å². The highest BCUT2D eigenvalue weighted by Crippen LogP contribution is 1.59. The van der Waals surface area contributed by atoms with Crippen molar-refractivity contribution < 1.29 is 12.6 Å². The highest BCUT2D eigenvalue weighted by atomic mass is 35.5. The molecule has 0 unspecified atom stereocenters. The largest absolute Gasteiger partial charge is 0.425 e. The van der Waals surface area contributed by atoms with E-state index in [1.165, 1.54) is 0 Å². The third-order valence-corrected chi connectivity index (χ3v) is 0. The summed E-state index contributed by atoms with van der Waals surface area (Å²) in [6, 6.07) is 0. The third kappa shape index (κ3) is 11200. The van der Waals surface area contributed by atoms with Gasteiger partial charge in [-0.25, -0.2) is 0 Å². The zero-order chi connectivity index (χ0) is 6.28. The molecule has 0 bridgehead atoms. The normalized spacial score (nSPS) is 6.00. The van der Waals surface area contributed by atoms with E-state index in [1.807, 2.05) is 6.92 Å². The van der Waals surface area contributed by atoms with Crippen molar-refractivity contribution in [2.45, 2.75) is 6.92 Å². The van der Waals surface area contributed by atoms with E-state index >= 15 is 0 Å². The van der Waals surface area contributed by atoms with E-state index in [0.29, 0.717) is 0 Å². The zero-order valence-electron chi connectivity index (χ0n) is 3.72. The predicted molar refractivity (Wildman–Crippen MR) is 26.1 cm³/mol. The molecule has 0 spiro atoms. The molecule has 5 heteroatoms. The average molecular weight is 145 g/mol. The second-order valence-electron chi connectivity index (χ2n) is 0.471. The number of rotatable bonds is 0. The molecule has 0 saturated heterocycles. The summed E-state index contributed by atoms with van der Waals surface area (Å²) in [4.78, 5) is 0. The second kappa shape index (κ2) is 9.32. The maximum Gasteiger partial charge on any atom is 0.425 e. The molecule has 0 radical (unpaired) electrons. The minimum Gasteiger partial charge on any atom is -0.142 e. The van der Waals surface area contributed by atoms with Crippen LogP contribution >= 0.6 is 11.6 Å². The summed E-state index contributed by atoms with van der Waals surface area (Å²) in [7, 11) is -3.11. The lowest BCUT2D eigenvalue weighted by molar-refractivity contribution is 0.559. The fraction of sp³-hybridized carbons (Fsp3) is 1.00. The molecule has 0 heterocycles. The van der Waals surface area contributed by atoms with Crippen molar-refractivity contribution in [3.63, 3.8) is 0 Å². The van der Waals surface area contributed by atoms with Crippen molar-refractivity contribution in [1.29, 1.82) is 0 Å². The first-order chi connectivity index (χ1) is 3.15. The van der Waals surface area contributed by atoms with Crippen molar-refractivity contribution in [3.05, 3.63) is 0 Å². The van der Waals surface area contributed by atoms with E-state index < -0.39 is 10.6 Å². The second-order valence-corrected chi connectivity index (χ2v) is 1.41. The first-order valence-corrected chi connectivity index (χ1v) is 3.01. The van der Waals surface area contributed by atoms with Gasteiger partial charge in [-0.1, -0.05) is 6.92 Å². The number of hydrogen-bond donors (Lipinski definition) is 0. The minimum atomic E-state index is -3.11. The van der Waals surface area contributed by atoms with Crippen molar-refractivity contribution >= 4 is 22.2 Å². The Morgan fingerprint density at radius 1 is 1.43 bits per heavy atom. The van der Waals surface area contributed by atoms with Crippen molar-refractivity contribution in [2.75, 3.05) is 5.88 Å². The van der Waals surface area contributed by atoms with Gasteiger partial charge >= 0.3 is 10.6 Å². The molecule has 0 rings (SSSR count). The van der Waals surface area contributed by atoms with Crippen LogP contribution < -0.4 is 0 Å². The summed E-state index contributed by atoms with van der Waals surface area (Å²) >= 11 is 5.00. The molecule has 0 aliphatic heterocycles. The molecular weight excluding hydrogens is 140 g/mol. The molecule has 0 aliphatic carbocycles. The lowest BCUT2D eigenvalue weighted by Crippen LogP contribution is -1.40. The van der Waals surface area contributed by atoms with Crippen molar-refractivity contribution in [3.8, 4) is 0 Å². The van der Waals surface area contributed by atoms with Crippen molar-refractivity contribution in [2.24, 2.45) is 0 Å². The van der Waals surface area contributed by atoms with Gasteiger partial charge in [0, 0.05) is 5.88 Å². The van der Waals surface area contributed by atoms with Crippen LogP contribution in [0.3, 0.4) is 0 Å². The van der Waals surface area contributed by atoms with Gasteiger partial charge in [-0.05, 0) is 0 Å². The maximum absolute atomic E-state index is 8.44. The molecule has 0 atom stereocenters. The molecule has 0 saturated carbocycles. The van der Waals surface area contributed by atoms with E-state index in [4.69, 9.17) is 24.2 Å². The molecule has 44 valence electrons. The van der Waals surface area contributed by atoms with Gasteiger partial charge < -0.3 is 0 Å². The van der Waals surface area contributed by atoms with Crippen LogP contribution in [0.25, 0.3) is 0 Å². The smallest absolute Gasteiger partial charge is 0.142 e. The Morgan fingerprint density at radius 3 is 1.43 bits per heavy atom. The number of alkyl halides is 1. The SMILES string of the molecule is CCCl.O=S(=O)=O. The standard InChI is InChI=1S/C2H5Cl.O3S/c1-2-3;1-4(2)3/h2H2,1H3;. The van der Waals surface area contributed by atoms with Crippen LogP contribution in [-0.4, -0.2) is 18.5 Å². The van der Waals surface area contributed by atoms with E-state index in [0.717, 1.165) is 5.88 Å². The Hall–Kier alpha value is -0.0900. The summed E-state index contributed by atoms with van der Waals surface area (Å²) in [5, 5.41) is 0. The summed E-state index contributed by atoms with van der Waals surface area (Å²) < 4.78 is 25.3. The first-order valence-electron chi connectivity index (χ1n) is 1.47. The maximum atomic E-state index is 8.44. The van der Waals surface area contributed by atoms with Crippen LogP contribution in [0.4, 0.5) is 0 Å². The third-order valence-electron chi connectivity index (χ3n) is 0. The molecule has 3 nitrogen and oxygen atoms in total. The predicted octanol–water partition coefficient (Wildman–Crippen LogP) is 0.241. The quantitative estimate of drug-likeness (QED) is 0.458. The van der Waals surface area contributed by atoms with Gasteiger partial charge in [-0.3, -0.25) is 0 Å². The van der Waals surface area contributed by atoms with Gasteiger partial charge in [-0.15, -0.1) is 24.2 Å². The Morgan fingerprint density at radius 2 is 1.43 bits per heavy atom. The summed E-state index contributed by atoms with van der Waals surface area (Å²) in [5.41, 5.74) is 0. The topological polar surface area (TPSA) is 51.2 Å². The minimum absolute atomic E-state index is 0.722. The highest BCUT2D eigenvalue weighted by molar-refractivity contribution is 7.59. The van der Waals surface area contributed by atoms with Gasteiger partial charge in [0.05, 0.1) is 0 Å². The average Bonchev–Trinajstić information content (AvgIpc) is 1.33. The molecule has 0 fully saturated rings. The van der Waals surface area contributed by atoms with Gasteiger partial charge in [0.25, 0.3) is 0 Å². The highest BCUT2D eigenvalue weighted by Gasteiger charge is 1.40. The van der Waals surface area contributed by atoms with Crippen LogP contribution in [-0.2, 0) is 10.6 Å². The van der Waals surface area contributed by atoms with Crippen LogP contribution in [0.1, 0.15) is 6.92 Å². The van der Waals surface area contributed by atoms with Crippen LogP contribution in [0, 0.1) is 0 Å². The molecule has 7 heavy (non-hydrogen) atoms. The molecule has 0 aromatic rings. The molecule has 0 aromatic carbocycles. The zero-order valence-corrected chi connectivity index (χ0v) is 5.29. The molecule has 0 aromatic heterocycles. The molecule has 0 amide bonds. The Bertz CT molecular complexity index is 93.1. The number of hydrogen-bond acceptors (Lipinski definition) is 3. The molecular formula is C2H5ClO3S.